The molecule has 10 nitrogen and oxygen atoms in total. The summed E-state index contributed by atoms with van der Waals surface area (Å²) in [5.41, 5.74) is 11.0. The van der Waals surface area contributed by atoms with Crippen LogP contribution in [0.2, 0.25) is 0 Å². The zero-order chi connectivity index (χ0) is 19.8. The van der Waals surface area contributed by atoms with Gasteiger partial charge in [0.15, 0.2) is 0 Å². The molecule has 3 atom stereocenters. The minimum Gasteiger partial charge on any atom is -0.368 e. The summed E-state index contributed by atoms with van der Waals surface area (Å²) in [5.74, 6) is -1.15. The highest BCUT2D eigenvalue weighted by atomic mass is 32.2. The van der Waals surface area contributed by atoms with Crippen LogP contribution in [0.15, 0.2) is 0 Å². The molecule has 0 spiro atoms. The topological polar surface area (TPSA) is 182 Å². The van der Waals surface area contributed by atoms with Crippen molar-refractivity contribution in [3.8, 4) is 0 Å². The van der Waals surface area contributed by atoms with Crippen molar-refractivity contribution in [3.05, 3.63) is 0 Å². The molecule has 1 rings (SSSR count). The van der Waals surface area contributed by atoms with Crippen LogP contribution in [0.4, 0.5) is 0 Å². The average molecular weight is 380 g/mol. The summed E-state index contributed by atoms with van der Waals surface area (Å²) < 4.78 is 25.9. The first-order valence-corrected chi connectivity index (χ1v) is 9.71. The fourth-order valence-corrected chi connectivity index (χ4v) is 2.29. The van der Waals surface area contributed by atoms with E-state index in [0.29, 0.717) is 25.6 Å². The predicted molar refractivity (Wildman–Crippen MR) is 91.8 cm³/mol. The van der Waals surface area contributed by atoms with Gasteiger partial charge in [0.1, 0.15) is 6.04 Å². The second kappa shape index (κ2) is 10.3. The van der Waals surface area contributed by atoms with Gasteiger partial charge in [-0.3, -0.25) is 18.9 Å². The molecule has 0 aromatic rings. The summed E-state index contributed by atoms with van der Waals surface area (Å²) in [5, 5.41) is 5.24. The predicted octanol–water partition coefficient (Wildman–Crippen LogP) is -1.64. The van der Waals surface area contributed by atoms with Crippen molar-refractivity contribution in [1.82, 2.24) is 10.6 Å². The molecule has 25 heavy (non-hydrogen) atoms. The van der Waals surface area contributed by atoms with Crippen LogP contribution in [-0.2, 0) is 24.5 Å². The number of hydrogen-bond donors (Lipinski definition) is 5. The fraction of sp³-hybridized carbons (Fsp3) is 0.786. The lowest BCUT2D eigenvalue weighted by Gasteiger charge is -2.21. The lowest BCUT2D eigenvalue weighted by molar-refractivity contribution is -0.129. The van der Waals surface area contributed by atoms with Crippen molar-refractivity contribution < 1.29 is 27.4 Å². The number of primary amides is 1. The van der Waals surface area contributed by atoms with E-state index in [1.165, 1.54) is 0 Å². The summed E-state index contributed by atoms with van der Waals surface area (Å²) in [7, 11) is -3.67. The monoisotopic (exact) mass is 380 g/mol. The van der Waals surface area contributed by atoms with Gasteiger partial charge in [0, 0.05) is 12.5 Å². The Bertz CT molecular complexity index is 570. The van der Waals surface area contributed by atoms with Crippen molar-refractivity contribution in [3.63, 3.8) is 0 Å². The Morgan fingerprint density at radius 2 is 1.92 bits per heavy atom. The first-order chi connectivity index (χ1) is 11.3. The van der Waals surface area contributed by atoms with E-state index in [0.717, 1.165) is 0 Å². The van der Waals surface area contributed by atoms with Gasteiger partial charge in [-0.25, -0.2) is 0 Å². The smallest absolute Gasteiger partial charge is 0.261 e. The van der Waals surface area contributed by atoms with E-state index in [4.69, 9.17) is 16.0 Å². The van der Waals surface area contributed by atoms with Crippen molar-refractivity contribution in [1.29, 1.82) is 0 Å². The molecular formula is C14H28N4O6S. The number of hydrogen-bond acceptors (Lipinski definition) is 6. The molecule has 3 amide bonds. The maximum Gasteiger partial charge on any atom is 0.261 e. The van der Waals surface area contributed by atoms with E-state index in [9.17, 15) is 22.8 Å². The normalized spacial score (nSPS) is 19.4. The molecule has 1 aliphatic heterocycles. The molecule has 0 unspecified atom stereocenters. The van der Waals surface area contributed by atoms with E-state index in [2.05, 4.69) is 10.6 Å². The zero-order valence-corrected chi connectivity index (χ0v) is 15.5. The zero-order valence-electron chi connectivity index (χ0n) is 14.7. The highest BCUT2D eigenvalue weighted by molar-refractivity contribution is 7.85. The van der Waals surface area contributed by atoms with Gasteiger partial charge in [0.25, 0.3) is 10.1 Å². The van der Waals surface area contributed by atoms with Crippen LogP contribution in [0.3, 0.4) is 0 Å². The standard InChI is InChI=1S/C13H24N4O3.CH4O3S/c1-7(2)5-9(14)13(20)17-10(11(15)18)6-8-3-4-16-12(8)19;1-5(2,3)4/h7-10H,3-6,14H2,1-2H3,(H2,15,18)(H,16,19)(H,17,20);1H3,(H,2,3,4)/t8-,9-,10-;/m0./s1. The summed E-state index contributed by atoms with van der Waals surface area (Å²) in [6.45, 7) is 4.51. The first-order valence-electron chi connectivity index (χ1n) is 7.86. The van der Waals surface area contributed by atoms with E-state index in [1.807, 2.05) is 13.8 Å². The van der Waals surface area contributed by atoms with Crippen molar-refractivity contribution in [2.75, 3.05) is 12.8 Å². The Hall–Kier alpha value is -1.72. The molecule has 1 heterocycles. The van der Waals surface area contributed by atoms with Crippen molar-refractivity contribution in [2.45, 2.75) is 45.2 Å². The maximum atomic E-state index is 11.9. The van der Waals surface area contributed by atoms with E-state index in [-0.39, 0.29) is 24.2 Å². The third-order valence-electron chi connectivity index (χ3n) is 3.41. The fourth-order valence-electron chi connectivity index (χ4n) is 2.29. The number of nitrogens with two attached hydrogens (primary N) is 2. The van der Waals surface area contributed by atoms with Gasteiger partial charge in [-0.1, -0.05) is 13.8 Å². The molecule has 7 N–H and O–H groups in total. The summed E-state index contributed by atoms with van der Waals surface area (Å²) in [6.07, 6.45) is 2.12. The minimum absolute atomic E-state index is 0.100. The second-order valence-corrected chi connectivity index (χ2v) is 7.91. The summed E-state index contributed by atoms with van der Waals surface area (Å²) >= 11 is 0. The molecule has 1 fully saturated rings. The molecule has 11 heteroatoms. The Morgan fingerprint density at radius 3 is 2.28 bits per heavy atom. The molecule has 0 aromatic carbocycles. The van der Waals surface area contributed by atoms with Crippen LogP contribution in [-0.4, -0.2) is 55.6 Å². The number of carbonyl (C=O) groups excluding carboxylic acids is 3. The SMILES string of the molecule is CC(C)C[C@H](N)C(=O)N[C@@H](C[C@@H]1CCNC1=O)C(N)=O.CS(=O)(=O)O. The lowest BCUT2D eigenvalue weighted by Crippen LogP contribution is -2.51. The quantitative estimate of drug-likeness (QED) is 0.328. The molecule has 0 bridgehead atoms. The van der Waals surface area contributed by atoms with Gasteiger partial charge >= 0.3 is 0 Å². The summed E-state index contributed by atoms with van der Waals surface area (Å²) in [4.78, 5) is 34.8. The number of nitrogens with one attached hydrogen (secondary N) is 2. The van der Waals surface area contributed by atoms with Gasteiger partial charge in [0.05, 0.1) is 12.3 Å². The van der Waals surface area contributed by atoms with E-state index >= 15 is 0 Å². The third kappa shape index (κ3) is 11.5. The molecule has 0 aromatic heterocycles. The number of amides is 3. The summed E-state index contributed by atoms with van der Waals surface area (Å²) in [6, 6.07) is -1.52. The van der Waals surface area contributed by atoms with Crippen LogP contribution in [0.25, 0.3) is 0 Å². The van der Waals surface area contributed by atoms with Gasteiger partial charge in [0.2, 0.25) is 17.7 Å². The lowest BCUT2D eigenvalue weighted by atomic mass is 9.97. The third-order valence-corrected chi connectivity index (χ3v) is 3.41. The molecule has 1 aliphatic rings. The largest absolute Gasteiger partial charge is 0.368 e. The van der Waals surface area contributed by atoms with Crippen LogP contribution in [0.5, 0.6) is 0 Å². The number of rotatable bonds is 7. The Kier molecular flexibility index (Phi) is 9.60. The van der Waals surface area contributed by atoms with Crippen LogP contribution in [0.1, 0.15) is 33.1 Å². The Balaban J connectivity index is 0.00000101. The van der Waals surface area contributed by atoms with E-state index < -0.39 is 34.0 Å². The highest BCUT2D eigenvalue weighted by Gasteiger charge is 2.31. The maximum absolute atomic E-state index is 11.9. The average Bonchev–Trinajstić information content (AvgIpc) is 2.80. The minimum atomic E-state index is -3.67. The van der Waals surface area contributed by atoms with Crippen LogP contribution < -0.4 is 22.1 Å². The van der Waals surface area contributed by atoms with Crippen molar-refractivity contribution in [2.24, 2.45) is 23.3 Å². The molecule has 0 saturated carbocycles. The Morgan fingerprint density at radius 1 is 1.40 bits per heavy atom. The molecule has 0 radical (unpaired) electrons. The number of carbonyl (C=O) groups is 3. The Labute approximate surface area is 147 Å². The van der Waals surface area contributed by atoms with Crippen molar-refractivity contribution >= 4 is 27.8 Å². The van der Waals surface area contributed by atoms with Crippen LogP contribution >= 0.6 is 0 Å². The van der Waals surface area contributed by atoms with Gasteiger partial charge in [-0.2, -0.15) is 8.42 Å². The molecular weight excluding hydrogens is 352 g/mol. The second-order valence-electron chi connectivity index (χ2n) is 6.44. The molecule has 146 valence electrons. The highest BCUT2D eigenvalue weighted by Crippen LogP contribution is 2.16. The molecule has 1 saturated heterocycles. The van der Waals surface area contributed by atoms with Gasteiger partial charge in [-0.05, 0) is 25.2 Å². The van der Waals surface area contributed by atoms with Gasteiger partial charge in [-0.15, -0.1) is 0 Å². The van der Waals surface area contributed by atoms with Gasteiger partial charge < -0.3 is 22.1 Å². The first kappa shape index (κ1) is 23.3. The molecule has 0 aliphatic carbocycles. The van der Waals surface area contributed by atoms with Crippen LogP contribution in [0, 0.1) is 11.8 Å². The van der Waals surface area contributed by atoms with E-state index in [1.54, 1.807) is 0 Å².